The van der Waals surface area contributed by atoms with Gasteiger partial charge in [-0.1, -0.05) is 42.0 Å². The highest BCUT2D eigenvalue weighted by Crippen LogP contribution is 2.41. The Morgan fingerprint density at radius 3 is 2.58 bits per heavy atom. The van der Waals surface area contributed by atoms with E-state index in [1.165, 1.54) is 5.57 Å². The molecule has 2 heteroatoms. The molecule has 24 heavy (non-hydrogen) atoms. The van der Waals surface area contributed by atoms with Crippen molar-refractivity contribution in [1.29, 1.82) is 0 Å². The van der Waals surface area contributed by atoms with Gasteiger partial charge in [0.05, 0.1) is 5.56 Å². The molecule has 1 atom stereocenters. The van der Waals surface area contributed by atoms with E-state index in [2.05, 4.69) is 32.9 Å². The Morgan fingerprint density at radius 1 is 1.12 bits per heavy atom. The molecule has 0 bridgehead atoms. The molecule has 1 N–H and O–H groups in total. The van der Waals surface area contributed by atoms with Crippen molar-refractivity contribution in [3.05, 3.63) is 65.8 Å². The second-order valence-electron chi connectivity index (χ2n) is 6.84. The highest BCUT2D eigenvalue weighted by atomic mass is 16.5. The number of ether oxygens (including phenoxy) is 1. The fourth-order valence-electron chi connectivity index (χ4n) is 2.99. The number of aromatic hydroxyl groups is 1. The first-order valence-electron chi connectivity index (χ1n) is 8.41. The van der Waals surface area contributed by atoms with Crippen LogP contribution in [-0.2, 0) is 0 Å². The second kappa shape index (κ2) is 6.56. The molecular formula is C22H24O2. The van der Waals surface area contributed by atoms with Crippen molar-refractivity contribution in [2.45, 2.75) is 39.2 Å². The smallest absolute Gasteiger partial charge is 0.132 e. The van der Waals surface area contributed by atoms with Crippen molar-refractivity contribution in [3.8, 4) is 22.6 Å². The summed E-state index contributed by atoms with van der Waals surface area (Å²) < 4.78 is 6.27. The second-order valence-corrected chi connectivity index (χ2v) is 6.84. The van der Waals surface area contributed by atoms with Gasteiger partial charge in [0, 0.05) is 0 Å². The summed E-state index contributed by atoms with van der Waals surface area (Å²) in [6.45, 7) is 6.32. The molecule has 1 aliphatic heterocycles. The number of hydrogen-bond donors (Lipinski definition) is 1. The van der Waals surface area contributed by atoms with E-state index in [1.54, 1.807) is 6.07 Å². The Hall–Kier alpha value is -2.48. The van der Waals surface area contributed by atoms with Crippen LogP contribution in [0, 0.1) is 0 Å². The SMILES string of the molecule is CC(C)=CCCC1(C)C=Cc2c(O)cc(-c3ccccc3)cc2O1. The van der Waals surface area contributed by atoms with Crippen LogP contribution < -0.4 is 4.74 Å². The Kier molecular flexibility index (Phi) is 4.48. The third-order valence-electron chi connectivity index (χ3n) is 4.37. The molecule has 0 fully saturated rings. The summed E-state index contributed by atoms with van der Waals surface area (Å²) in [7, 11) is 0. The first kappa shape index (κ1) is 16.4. The average molecular weight is 320 g/mol. The van der Waals surface area contributed by atoms with E-state index in [4.69, 9.17) is 4.74 Å². The van der Waals surface area contributed by atoms with E-state index in [0.29, 0.717) is 0 Å². The Balaban J connectivity index is 1.90. The van der Waals surface area contributed by atoms with Gasteiger partial charge >= 0.3 is 0 Å². The standard InChI is InChI=1S/C22H24O2/c1-16(2)8-7-12-22(3)13-11-19-20(23)14-18(15-21(19)24-22)17-9-5-4-6-10-17/h4-6,8-11,13-15,23H,7,12H2,1-3H3. The van der Waals surface area contributed by atoms with E-state index in [1.807, 2.05) is 42.5 Å². The fraction of sp³-hybridized carbons (Fsp3) is 0.273. The summed E-state index contributed by atoms with van der Waals surface area (Å²) in [5.74, 6) is 1.00. The van der Waals surface area contributed by atoms with Crippen molar-refractivity contribution in [1.82, 2.24) is 0 Å². The summed E-state index contributed by atoms with van der Waals surface area (Å²) in [5, 5.41) is 10.4. The minimum Gasteiger partial charge on any atom is -0.507 e. The van der Waals surface area contributed by atoms with Crippen molar-refractivity contribution < 1.29 is 9.84 Å². The molecule has 0 aromatic heterocycles. The van der Waals surface area contributed by atoms with Crippen LogP contribution in [-0.4, -0.2) is 10.7 Å². The quantitative estimate of drug-likeness (QED) is 0.703. The fourth-order valence-corrected chi connectivity index (χ4v) is 2.99. The summed E-state index contributed by atoms with van der Waals surface area (Å²) in [6.07, 6.45) is 8.14. The first-order valence-corrected chi connectivity index (χ1v) is 8.41. The number of hydrogen-bond acceptors (Lipinski definition) is 2. The molecule has 0 radical (unpaired) electrons. The maximum atomic E-state index is 10.4. The number of benzene rings is 2. The summed E-state index contributed by atoms with van der Waals surface area (Å²) in [4.78, 5) is 0. The van der Waals surface area contributed by atoms with Gasteiger partial charge in [-0.2, -0.15) is 0 Å². The van der Waals surface area contributed by atoms with Crippen LogP contribution in [0.1, 0.15) is 39.2 Å². The van der Waals surface area contributed by atoms with Crippen LogP contribution in [0.5, 0.6) is 11.5 Å². The molecule has 124 valence electrons. The Bertz CT molecular complexity index is 783. The zero-order valence-corrected chi connectivity index (χ0v) is 14.5. The predicted octanol–water partition coefficient (Wildman–Crippen LogP) is 5.97. The van der Waals surface area contributed by atoms with Gasteiger partial charge in [0.15, 0.2) is 0 Å². The largest absolute Gasteiger partial charge is 0.507 e. The molecule has 0 saturated carbocycles. The average Bonchev–Trinajstić information content (AvgIpc) is 2.54. The third kappa shape index (κ3) is 3.53. The van der Waals surface area contributed by atoms with Gasteiger partial charge in [-0.05, 0) is 69.0 Å². The highest BCUT2D eigenvalue weighted by Gasteiger charge is 2.28. The maximum Gasteiger partial charge on any atom is 0.132 e. The van der Waals surface area contributed by atoms with Gasteiger partial charge in [0.1, 0.15) is 17.1 Å². The van der Waals surface area contributed by atoms with Gasteiger partial charge < -0.3 is 9.84 Å². The number of rotatable bonds is 4. The zero-order chi connectivity index (χ0) is 17.2. The summed E-state index contributed by atoms with van der Waals surface area (Å²) in [6, 6.07) is 13.9. The van der Waals surface area contributed by atoms with E-state index in [-0.39, 0.29) is 11.4 Å². The lowest BCUT2D eigenvalue weighted by Crippen LogP contribution is -2.31. The van der Waals surface area contributed by atoms with E-state index in [9.17, 15) is 5.11 Å². The normalized spacial score (nSPS) is 18.6. The molecule has 2 aromatic rings. The van der Waals surface area contributed by atoms with E-state index < -0.39 is 0 Å². The lowest BCUT2D eigenvalue weighted by Gasteiger charge is -2.32. The molecule has 0 amide bonds. The molecule has 1 heterocycles. The Morgan fingerprint density at radius 2 is 1.88 bits per heavy atom. The molecular weight excluding hydrogens is 296 g/mol. The van der Waals surface area contributed by atoms with Gasteiger partial charge in [-0.25, -0.2) is 0 Å². The van der Waals surface area contributed by atoms with Crippen LogP contribution in [0.2, 0.25) is 0 Å². The molecule has 2 nitrogen and oxygen atoms in total. The molecule has 3 rings (SSSR count). The summed E-state index contributed by atoms with van der Waals surface area (Å²) >= 11 is 0. The minimum absolute atomic E-state index is 0.258. The monoisotopic (exact) mass is 320 g/mol. The van der Waals surface area contributed by atoms with Crippen molar-refractivity contribution >= 4 is 6.08 Å². The Labute approximate surface area is 144 Å². The number of phenolic OH excluding ortho intramolecular Hbond substituents is 1. The zero-order valence-electron chi connectivity index (χ0n) is 14.5. The topological polar surface area (TPSA) is 29.5 Å². The first-order chi connectivity index (χ1) is 11.5. The molecule has 1 aliphatic rings. The van der Waals surface area contributed by atoms with Crippen LogP contribution in [0.15, 0.2) is 60.2 Å². The van der Waals surface area contributed by atoms with Gasteiger partial charge in [0.2, 0.25) is 0 Å². The van der Waals surface area contributed by atoms with Crippen molar-refractivity contribution in [3.63, 3.8) is 0 Å². The van der Waals surface area contributed by atoms with Gasteiger partial charge in [-0.3, -0.25) is 0 Å². The van der Waals surface area contributed by atoms with Crippen molar-refractivity contribution in [2.24, 2.45) is 0 Å². The predicted molar refractivity (Wildman–Crippen MR) is 100 cm³/mol. The minimum atomic E-state index is -0.347. The van der Waals surface area contributed by atoms with Crippen molar-refractivity contribution in [2.75, 3.05) is 0 Å². The third-order valence-corrected chi connectivity index (χ3v) is 4.37. The molecule has 0 spiro atoms. The lowest BCUT2D eigenvalue weighted by atomic mass is 9.93. The molecule has 1 unspecified atom stereocenters. The van der Waals surface area contributed by atoms with Gasteiger partial charge in [0.25, 0.3) is 0 Å². The number of fused-ring (bicyclic) bond motifs is 1. The lowest BCUT2D eigenvalue weighted by molar-refractivity contribution is 0.128. The molecule has 2 aromatic carbocycles. The van der Waals surface area contributed by atoms with Gasteiger partial charge in [-0.15, -0.1) is 0 Å². The molecule has 0 aliphatic carbocycles. The number of allylic oxidation sites excluding steroid dienone is 2. The van der Waals surface area contributed by atoms with E-state index in [0.717, 1.165) is 35.3 Å². The van der Waals surface area contributed by atoms with Crippen LogP contribution >= 0.6 is 0 Å². The molecule has 0 saturated heterocycles. The number of phenols is 1. The van der Waals surface area contributed by atoms with E-state index >= 15 is 0 Å². The maximum absolute atomic E-state index is 10.4. The highest BCUT2D eigenvalue weighted by molar-refractivity contribution is 5.75. The summed E-state index contributed by atoms with van der Waals surface area (Å²) in [5.41, 5.74) is 3.77. The van der Waals surface area contributed by atoms with Crippen LogP contribution in [0.25, 0.3) is 17.2 Å². The van der Waals surface area contributed by atoms with Crippen LogP contribution in [0.3, 0.4) is 0 Å². The van der Waals surface area contributed by atoms with Crippen LogP contribution in [0.4, 0.5) is 0 Å².